The third-order valence-electron chi connectivity index (χ3n) is 7.48. The van der Waals surface area contributed by atoms with Gasteiger partial charge < -0.3 is 14.6 Å². The molecule has 1 aromatic carbocycles. The first kappa shape index (κ1) is 21.6. The molecule has 7 nitrogen and oxygen atoms in total. The van der Waals surface area contributed by atoms with Gasteiger partial charge in [-0.15, -0.1) is 0 Å². The lowest BCUT2D eigenvalue weighted by Crippen LogP contribution is -2.56. The minimum Gasteiger partial charge on any atom is -0.496 e. The lowest BCUT2D eigenvalue weighted by atomic mass is 9.48. The van der Waals surface area contributed by atoms with Crippen molar-refractivity contribution in [3.8, 4) is 11.9 Å². The number of aliphatic imine (C=N–C) groups is 1. The van der Waals surface area contributed by atoms with Gasteiger partial charge in [0.05, 0.1) is 25.2 Å². The monoisotopic (exact) mass is 425 g/mol. The van der Waals surface area contributed by atoms with Crippen LogP contribution in [-0.4, -0.2) is 35.7 Å². The van der Waals surface area contributed by atoms with Crippen molar-refractivity contribution in [2.24, 2.45) is 28.2 Å². The summed E-state index contributed by atoms with van der Waals surface area (Å²) in [5.74, 6) is 1.61. The van der Waals surface area contributed by atoms with Crippen LogP contribution in [0.15, 0.2) is 29.3 Å². The number of amidine groups is 1. The van der Waals surface area contributed by atoms with Gasteiger partial charge in [-0.05, 0) is 69.8 Å². The summed E-state index contributed by atoms with van der Waals surface area (Å²) >= 11 is 0. The van der Waals surface area contributed by atoms with E-state index in [2.05, 4.69) is 5.32 Å². The molecular weight excluding hydrogens is 394 g/mol. The van der Waals surface area contributed by atoms with E-state index in [1.165, 1.54) is 0 Å². The summed E-state index contributed by atoms with van der Waals surface area (Å²) in [4.78, 5) is 17.0. The van der Waals surface area contributed by atoms with E-state index in [0.717, 1.165) is 30.6 Å². The number of nitrogens with one attached hydrogen (secondary N) is 1. The molecule has 2 N–H and O–H groups in total. The van der Waals surface area contributed by atoms with Crippen molar-refractivity contribution in [1.29, 1.82) is 5.26 Å². The molecule has 0 radical (unpaired) electrons. The predicted molar refractivity (Wildman–Crippen MR) is 115 cm³/mol. The van der Waals surface area contributed by atoms with Crippen LogP contribution in [0.3, 0.4) is 0 Å². The third kappa shape index (κ3) is 4.01. The van der Waals surface area contributed by atoms with Crippen molar-refractivity contribution < 1.29 is 19.4 Å². The Bertz CT molecular complexity index is 904. The zero-order valence-electron chi connectivity index (χ0n) is 18.4. The van der Waals surface area contributed by atoms with Gasteiger partial charge in [-0.1, -0.05) is 18.2 Å². The topological polar surface area (TPSA) is 104 Å². The molecule has 4 aliphatic carbocycles. The molecule has 1 aromatic rings. The molecule has 2 unspecified atom stereocenters. The number of methoxy groups -OCH3 is 1. The summed E-state index contributed by atoms with van der Waals surface area (Å²) in [6, 6.07) is 7.72. The van der Waals surface area contributed by atoms with Crippen molar-refractivity contribution in [2.45, 2.75) is 64.2 Å². The Morgan fingerprint density at radius 1 is 1.29 bits per heavy atom. The van der Waals surface area contributed by atoms with Crippen LogP contribution in [0.4, 0.5) is 0 Å². The Hall–Kier alpha value is -2.59. The molecule has 31 heavy (non-hydrogen) atoms. The maximum atomic E-state index is 12.0. The largest absolute Gasteiger partial charge is 0.496 e. The van der Waals surface area contributed by atoms with Crippen LogP contribution < -0.4 is 10.1 Å². The number of rotatable bonds is 7. The van der Waals surface area contributed by atoms with Crippen molar-refractivity contribution in [1.82, 2.24) is 5.32 Å². The van der Waals surface area contributed by atoms with E-state index in [9.17, 15) is 15.2 Å². The van der Waals surface area contributed by atoms with Gasteiger partial charge in [0, 0.05) is 5.56 Å². The molecule has 5 rings (SSSR count). The Morgan fingerprint density at radius 3 is 2.58 bits per heavy atom. The fourth-order valence-electron chi connectivity index (χ4n) is 6.16. The highest BCUT2D eigenvalue weighted by Gasteiger charge is 2.59. The molecule has 4 saturated carbocycles. The fraction of sp³-hybridized carbons (Fsp3) is 0.625. The van der Waals surface area contributed by atoms with Gasteiger partial charge in [-0.25, -0.2) is 0 Å². The highest BCUT2D eigenvalue weighted by atomic mass is 16.5. The molecule has 0 spiro atoms. The van der Waals surface area contributed by atoms with Gasteiger partial charge in [0.1, 0.15) is 17.2 Å². The van der Waals surface area contributed by atoms with Gasteiger partial charge in [0.25, 0.3) is 0 Å². The zero-order valence-corrected chi connectivity index (χ0v) is 18.4. The minimum atomic E-state index is -0.810. The number of benzene rings is 1. The number of carboxylic acid groups (broad SMARTS) is 1. The second kappa shape index (κ2) is 8.16. The first-order valence-corrected chi connectivity index (χ1v) is 11.0. The van der Waals surface area contributed by atoms with Crippen molar-refractivity contribution in [2.75, 3.05) is 7.11 Å². The number of hydrogen-bond acceptors (Lipinski definition) is 5. The lowest BCUT2D eigenvalue weighted by Gasteiger charge is -2.57. The first-order valence-electron chi connectivity index (χ1n) is 11.0. The Labute approximate surface area is 183 Å². The van der Waals surface area contributed by atoms with E-state index in [1.807, 2.05) is 44.3 Å². The molecule has 7 heteroatoms. The Kier molecular flexibility index (Phi) is 5.69. The van der Waals surface area contributed by atoms with E-state index >= 15 is 0 Å². The number of nitrogens with zero attached hydrogens (tertiary/aromatic N) is 2. The highest BCUT2D eigenvalue weighted by molar-refractivity contribution is 5.91. The van der Waals surface area contributed by atoms with Gasteiger partial charge in [0.15, 0.2) is 6.19 Å². The molecule has 4 aliphatic rings. The number of carboxylic acids is 1. The summed E-state index contributed by atoms with van der Waals surface area (Å²) in [7, 11) is 1.63. The number of carbonyl (C=O) groups is 1. The summed E-state index contributed by atoms with van der Waals surface area (Å²) in [5, 5.41) is 22.0. The SMILES string of the molecule is COc1ccccc1COC(C)(C)C(=NC1C2CC3CC1CC(C(=O)O)(C3)C2)NC#N. The van der Waals surface area contributed by atoms with Gasteiger partial charge in [-0.2, -0.15) is 5.26 Å². The Morgan fingerprint density at radius 2 is 1.97 bits per heavy atom. The molecule has 0 amide bonds. The minimum absolute atomic E-state index is 0.0361. The molecular formula is C24H31N3O4. The number of ether oxygens (including phenoxy) is 2. The quantitative estimate of drug-likeness (QED) is 0.298. The smallest absolute Gasteiger partial charge is 0.309 e. The first-order chi connectivity index (χ1) is 14.8. The van der Waals surface area contributed by atoms with Crippen molar-refractivity contribution >= 4 is 11.8 Å². The summed E-state index contributed by atoms with van der Waals surface area (Å²) < 4.78 is 11.6. The van der Waals surface area contributed by atoms with Crippen LogP contribution in [-0.2, 0) is 16.1 Å². The summed E-state index contributed by atoms with van der Waals surface area (Å²) in [5.41, 5.74) is -0.454. The van der Waals surface area contributed by atoms with Crippen LogP contribution in [0.5, 0.6) is 5.75 Å². The molecule has 4 fully saturated rings. The van der Waals surface area contributed by atoms with Crippen LogP contribution in [0.2, 0.25) is 0 Å². The average molecular weight is 426 g/mol. The molecule has 0 heterocycles. The second-order valence-electron chi connectivity index (χ2n) is 9.87. The van der Waals surface area contributed by atoms with Crippen LogP contribution in [0.1, 0.15) is 51.5 Å². The zero-order chi connectivity index (χ0) is 22.2. The van der Waals surface area contributed by atoms with Gasteiger partial charge in [-0.3, -0.25) is 15.1 Å². The molecule has 0 aromatic heterocycles. The number of nitriles is 1. The fourth-order valence-corrected chi connectivity index (χ4v) is 6.16. The van der Waals surface area contributed by atoms with E-state index in [-0.39, 0.29) is 17.9 Å². The van der Waals surface area contributed by atoms with Crippen molar-refractivity contribution in [3.05, 3.63) is 29.8 Å². The molecule has 0 saturated heterocycles. The van der Waals surface area contributed by atoms with E-state index in [1.54, 1.807) is 7.11 Å². The molecule has 4 bridgehead atoms. The van der Waals surface area contributed by atoms with Crippen molar-refractivity contribution in [3.63, 3.8) is 0 Å². The molecule has 0 aliphatic heterocycles. The molecule has 2 atom stereocenters. The van der Waals surface area contributed by atoms with E-state index < -0.39 is 17.0 Å². The van der Waals surface area contributed by atoms with Crippen LogP contribution in [0.25, 0.3) is 0 Å². The lowest BCUT2D eigenvalue weighted by molar-refractivity contribution is -0.166. The number of aliphatic carboxylic acids is 1. The molecule has 166 valence electrons. The second-order valence-corrected chi connectivity index (χ2v) is 9.87. The highest BCUT2D eigenvalue weighted by Crippen LogP contribution is 2.61. The van der Waals surface area contributed by atoms with Gasteiger partial charge >= 0.3 is 5.97 Å². The average Bonchev–Trinajstić information content (AvgIpc) is 2.73. The van der Waals surface area contributed by atoms with E-state index in [0.29, 0.717) is 31.2 Å². The summed E-state index contributed by atoms with van der Waals surface area (Å²) in [6.07, 6.45) is 6.25. The van der Waals surface area contributed by atoms with Crippen LogP contribution >= 0.6 is 0 Å². The number of hydrogen-bond donors (Lipinski definition) is 2. The maximum absolute atomic E-state index is 12.0. The standard InChI is InChI=1S/C24H31N3O4/c1-23(2,31-13-16-6-4-5-7-19(16)30-3)21(26-14-25)27-20-17-8-15-9-18(20)12-24(10-15,11-17)22(28)29/h4-7,15,17-18,20H,8-13H2,1-3H3,(H,26,27)(H,28,29). The third-order valence-corrected chi connectivity index (χ3v) is 7.48. The Balaban J connectivity index is 1.54. The maximum Gasteiger partial charge on any atom is 0.309 e. The summed E-state index contributed by atoms with van der Waals surface area (Å²) in [6.45, 7) is 4.13. The van der Waals surface area contributed by atoms with Gasteiger partial charge in [0.2, 0.25) is 0 Å². The normalized spacial score (nSPS) is 31.9. The van der Waals surface area contributed by atoms with E-state index in [4.69, 9.17) is 14.5 Å². The van der Waals surface area contributed by atoms with Crippen LogP contribution in [0, 0.1) is 34.6 Å². The number of para-hydroxylation sites is 1. The predicted octanol–water partition coefficient (Wildman–Crippen LogP) is 3.74.